The molecule has 0 aromatic heterocycles. The maximum atomic E-state index is 12.6. The van der Waals surface area contributed by atoms with Crippen molar-refractivity contribution in [2.45, 2.75) is 25.8 Å². The summed E-state index contributed by atoms with van der Waals surface area (Å²) in [4.78, 5) is 25.6. The molecule has 1 unspecified atom stereocenters. The molecular weight excluding hydrogens is 334 g/mol. The largest absolute Gasteiger partial charge is 0.497 e. The molecule has 0 saturated carbocycles. The van der Waals surface area contributed by atoms with Crippen LogP contribution in [0.5, 0.6) is 5.75 Å². The highest BCUT2D eigenvalue weighted by atomic mass is 32.2. The summed E-state index contributed by atoms with van der Waals surface area (Å²) >= 11 is 6.33. The maximum Gasteiger partial charge on any atom is 0.326 e. The quantitative estimate of drug-likeness (QED) is 0.627. The molecule has 1 aromatic carbocycles. The van der Waals surface area contributed by atoms with Crippen LogP contribution in [-0.2, 0) is 9.59 Å². The van der Waals surface area contributed by atoms with Crippen molar-refractivity contribution in [1.29, 1.82) is 0 Å². The molecule has 1 saturated heterocycles. The second-order valence-corrected chi connectivity index (χ2v) is 6.65. The molecule has 0 spiro atoms. The van der Waals surface area contributed by atoms with E-state index in [-0.39, 0.29) is 10.2 Å². The Morgan fingerprint density at radius 2 is 2.26 bits per heavy atom. The number of benzene rings is 1. The van der Waals surface area contributed by atoms with Crippen molar-refractivity contribution in [3.63, 3.8) is 0 Å². The van der Waals surface area contributed by atoms with Gasteiger partial charge >= 0.3 is 5.97 Å². The first-order valence-electron chi connectivity index (χ1n) is 7.11. The molecule has 23 heavy (non-hydrogen) atoms. The van der Waals surface area contributed by atoms with Crippen LogP contribution in [0.15, 0.2) is 29.2 Å². The zero-order valence-corrected chi connectivity index (χ0v) is 14.4. The van der Waals surface area contributed by atoms with Gasteiger partial charge < -0.3 is 9.84 Å². The van der Waals surface area contributed by atoms with Crippen molar-refractivity contribution >= 4 is 46.3 Å². The number of ether oxygens (including phenoxy) is 1. The van der Waals surface area contributed by atoms with Crippen molar-refractivity contribution in [2.75, 3.05) is 7.11 Å². The highest BCUT2D eigenvalue weighted by Crippen LogP contribution is 2.35. The second-order valence-electron chi connectivity index (χ2n) is 4.97. The van der Waals surface area contributed by atoms with E-state index in [4.69, 9.17) is 17.0 Å². The minimum absolute atomic E-state index is 0.282. The van der Waals surface area contributed by atoms with Gasteiger partial charge in [0.2, 0.25) is 0 Å². The second kappa shape index (κ2) is 7.61. The van der Waals surface area contributed by atoms with Crippen LogP contribution in [0.25, 0.3) is 6.08 Å². The van der Waals surface area contributed by atoms with Gasteiger partial charge in [-0.25, -0.2) is 4.79 Å². The Hall–Kier alpha value is -1.86. The standard InChI is InChI=1S/C16H17NO4S2/c1-3-5-12(15(19)20)17-14(18)13(23-16(17)22)9-10-6-4-7-11(8-10)21-2/h4,6-9,12H,3,5H2,1-2H3,(H,19,20)/b13-9-. The fraction of sp³-hybridized carbons (Fsp3) is 0.312. The van der Waals surface area contributed by atoms with E-state index in [1.807, 2.05) is 25.1 Å². The number of thioether (sulfide) groups is 1. The minimum atomic E-state index is -1.04. The van der Waals surface area contributed by atoms with Gasteiger partial charge in [-0.2, -0.15) is 0 Å². The Kier molecular flexibility index (Phi) is 5.79. The van der Waals surface area contributed by atoms with Gasteiger partial charge in [-0.05, 0) is 30.2 Å². The van der Waals surface area contributed by atoms with E-state index in [1.165, 1.54) is 4.90 Å². The maximum absolute atomic E-state index is 12.6. The average molecular weight is 351 g/mol. The van der Waals surface area contributed by atoms with Gasteiger partial charge in [-0.3, -0.25) is 9.69 Å². The third-order valence-electron chi connectivity index (χ3n) is 3.37. The average Bonchev–Trinajstić information content (AvgIpc) is 2.79. The van der Waals surface area contributed by atoms with Crippen LogP contribution in [0.4, 0.5) is 0 Å². The van der Waals surface area contributed by atoms with E-state index in [0.717, 1.165) is 17.3 Å². The summed E-state index contributed by atoms with van der Waals surface area (Å²) in [5, 5.41) is 9.35. The Morgan fingerprint density at radius 3 is 2.87 bits per heavy atom. The summed E-state index contributed by atoms with van der Waals surface area (Å²) in [6.45, 7) is 1.87. The fourth-order valence-electron chi connectivity index (χ4n) is 2.27. The lowest BCUT2D eigenvalue weighted by molar-refractivity contribution is -0.145. The van der Waals surface area contributed by atoms with E-state index in [2.05, 4.69) is 0 Å². The predicted octanol–water partition coefficient (Wildman–Crippen LogP) is 3.15. The SMILES string of the molecule is CCCC(C(=O)O)N1C(=O)/C(=C/c2cccc(OC)c2)SC1=S. The number of carbonyl (C=O) groups excluding carboxylic acids is 1. The molecule has 1 N–H and O–H groups in total. The molecule has 1 fully saturated rings. The van der Waals surface area contributed by atoms with Crippen LogP contribution < -0.4 is 4.74 Å². The molecule has 0 aliphatic carbocycles. The molecule has 0 bridgehead atoms. The molecule has 1 aromatic rings. The third-order valence-corrected chi connectivity index (χ3v) is 4.70. The Balaban J connectivity index is 2.29. The van der Waals surface area contributed by atoms with Gasteiger partial charge in [0.05, 0.1) is 12.0 Å². The smallest absolute Gasteiger partial charge is 0.326 e. The molecule has 1 aliphatic rings. The van der Waals surface area contributed by atoms with Crippen LogP contribution in [0.1, 0.15) is 25.3 Å². The van der Waals surface area contributed by atoms with Gasteiger partial charge in [-0.1, -0.05) is 49.5 Å². The van der Waals surface area contributed by atoms with Crippen LogP contribution >= 0.6 is 24.0 Å². The van der Waals surface area contributed by atoms with Gasteiger partial charge in [0.25, 0.3) is 5.91 Å². The molecule has 1 aliphatic heterocycles. The van der Waals surface area contributed by atoms with E-state index < -0.39 is 12.0 Å². The Labute approximate surface area is 144 Å². The Bertz CT molecular complexity index is 672. The molecule has 1 amide bonds. The molecule has 5 nitrogen and oxygen atoms in total. The number of carboxylic acids is 1. The first kappa shape index (κ1) is 17.5. The number of hydrogen-bond donors (Lipinski definition) is 1. The number of aliphatic carboxylic acids is 1. The van der Waals surface area contributed by atoms with E-state index in [1.54, 1.807) is 19.3 Å². The molecule has 2 rings (SSSR count). The van der Waals surface area contributed by atoms with Gasteiger partial charge in [0.1, 0.15) is 16.1 Å². The number of thiocarbonyl (C=S) groups is 1. The Morgan fingerprint density at radius 1 is 1.52 bits per heavy atom. The van der Waals surface area contributed by atoms with E-state index in [9.17, 15) is 14.7 Å². The summed E-state index contributed by atoms with van der Waals surface area (Å²) < 4.78 is 5.44. The van der Waals surface area contributed by atoms with Crippen molar-refractivity contribution in [3.05, 3.63) is 34.7 Å². The summed E-state index contributed by atoms with van der Waals surface area (Å²) in [6, 6.07) is 6.36. The third kappa shape index (κ3) is 3.92. The van der Waals surface area contributed by atoms with Crippen LogP contribution in [0.3, 0.4) is 0 Å². The van der Waals surface area contributed by atoms with Crippen molar-refractivity contribution in [3.8, 4) is 5.75 Å². The highest BCUT2D eigenvalue weighted by Gasteiger charge is 2.39. The van der Waals surface area contributed by atoms with E-state index >= 15 is 0 Å². The fourth-order valence-corrected chi connectivity index (χ4v) is 3.62. The number of nitrogens with zero attached hydrogens (tertiary/aromatic N) is 1. The molecule has 7 heteroatoms. The molecule has 1 atom stereocenters. The van der Waals surface area contributed by atoms with Crippen LogP contribution in [0.2, 0.25) is 0 Å². The number of methoxy groups -OCH3 is 1. The number of rotatable bonds is 6. The van der Waals surface area contributed by atoms with Crippen molar-refractivity contribution < 1.29 is 19.4 Å². The minimum Gasteiger partial charge on any atom is -0.497 e. The predicted molar refractivity (Wildman–Crippen MR) is 94.3 cm³/mol. The first-order valence-corrected chi connectivity index (χ1v) is 8.34. The first-order chi connectivity index (χ1) is 11.0. The zero-order chi connectivity index (χ0) is 17.0. The lowest BCUT2D eigenvalue weighted by Crippen LogP contribution is -2.43. The van der Waals surface area contributed by atoms with Gasteiger partial charge in [0.15, 0.2) is 0 Å². The number of amides is 1. The highest BCUT2D eigenvalue weighted by molar-refractivity contribution is 8.26. The van der Waals surface area contributed by atoms with Gasteiger partial charge in [0, 0.05) is 0 Å². The van der Waals surface area contributed by atoms with E-state index in [0.29, 0.717) is 23.5 Å². The lowest BCUT2D eigenvalue weighted by atomic mass is 10.1. The normalized spacial score (nSPS) is 17.7. The molecule has 1 heterocycles. The summed E-state index contributed by atoms with van der Waals surface area (Å²) in [5.41, 5.74) is 0.798. The van der Waals surface area contributed by atoms with Crippen molar-refractivity contribution in [2.24, 2.45) is 0 Å². The molecule has 122 valence electrons. The molecule has 0 radical (unpaired) electrons. The topological polar surface area (TPSA) is 66.8 Å². The van der Waals surface area contributed by atoms with Crippen LogP contribution in [-0.4, -0.2) is 39.4 Å². The summed E-state index contributed by atoms with van der Waals surface area (Å²) in [7, 11) is 1.57. The summed E-state index contributed by atoms with van der Waals surface area (Å²) in [6.07, 6.45) is 2.73. The van der Waals surface area contributed by atoms with Crippen LogP contribution in [0, 0.1) is 0 Å². The lowest BCUT2D eigenvalue weighted by Gasteiger charge is -2.22. The zero-order valence-electron chi connectivity index (χ0n) is 12.8. The number of hydrogen-bond acceptors (Lipinski definition) is 5. The summed E-state index contributed by atoms with van der Waals surface area (Å²) in [5.74, 6) is -0.710. The number of carboxylic acid groups (broad SMARTS) is 1. The molecular formula is C16H17NO4S2. The number of carbonyl (C=O) groups is 2. The van der Waals surface area contributed by atoms with Crippen molar-refractivity contribution in [1.82, 2.24) is 4.90 Å². The van der Waals surface area contributed by atoms with Gasteiger partial charge in [-0.15, -0.1) is 0 Å². The monoisotopic (exact) mass is 351 g/mol.